The van der Waals surface area contributed by atoms with Gasteiger partial charge in [-0.15, -0.1) is 11.8 Å². The number of aliphatic hydroxyl groups is 1. The molecule has 2 rings (SSSR count). The Labute approximate surface area is 108 Å². The minimum Gasteiger partial charge on any atom is -0.389 e. The van der Waals surface area contributed by atoms with Crippen LogP contribution in [-0.2, 0) is 0 Å². The van der Waals surface area contributed by atoms with Gasteiger partial charge in [0, 0.05) is 29.7 Å². The van der Waals surface area contributed by atoms with Gasteiger partial charge in [-0.25, -0.2) is 0 Å². The fraction of sp³-hybridized carbons (Fsp3) is 0.571. The van der Waals surface area contributed by atoms with Crippen LogP contribution in [0.1, 0.15) is 31.7 Å². The molecule has 1 aromatic rings. The van der Waals surface area contributed by atoms with Crippen LogP contribution >= 0.6 is 11.8 Å². The molecule has 0 fully saturated rings. The molecule has 0 radical (unpaired) electrons. The van der Waals surface area contributed by atoms with E-state index in [-0.39, 0.29) is 0 Å². The molecule has 2 unspecified atom stereocenters. The van der Waals surface area contributed by atoms with E-state index in [9.17, 15) is 5.11 Å². The SMILES string of the molecule is CCC(C)(O)CNCC1CSc2ccccc21. The third kappa shape index (κ3) is 3.24. The van der Waals surface area contributed by atoms with Crippen LogP contribution in [0.3, 0.4) is 0 Å². The summed E-state index contributed by atoms with van der Waals surface area (Å²) in [6, 6.07) is 8.63. The quantitative estimate of drug-likeness (QED) is 0.844. The number of nitrogens with one attached hydrogen (secondary N) is 1. The van der Waals surface area contributed by atoms with E-state index in [4.69, 9.17) is 0 Å². The molecule has 0 spiro atoms. The van der Waals surface area contributed by atoms with Crippen molar-refractivity contribution in [3.8, 4) is 0 Å². The predicted octanol–water partition coefficient (Wildman–Crippen LogP) is 2.63. The molecule has 0 aliphatic carbocycles. The van der Waals surface area contributed by atoms with Gasteiger partial charge in [0.2, 0.25) is 0 Å². The van der Waals surface area contributed by atoms with E-state index in [2.05, 4.69) is 29.6 Å². The van der Waals surface area contributed by atoms with Gasteiger partial charge in [-0.05, 0) is 25.0 Å². The molecule has 2 nitrogen and oxygen atoms in total. The zero-order chi connectivity index (χ0) is 12.3. The first kappa shape index (κ1) is 12.9. The monoisotopic (exact) mass is 251 g/mol. The van der Waals surface area contributed by atoms with Crippen molar-refractivity contribution in [2.24, 2.45) is 0 Å². The van der Waals surface area contributed by atoms with Crippen LogP contribution in [0.15, 0.2) is 29.2 Å². The molecule has 2 N–H and O–H groups in total. The molecule has 1 aromatic carbocycles. The Hall–Kier alpha value is -0.510. The Morgan fingerprint density at radius 3 is 3.00 bits per heavy atom. The summed E-state index contributed by atoms with van der Waals surface area (Å²) < 4.78 is 0. The van der Waals surface area contributed by atoms with Crippen LogP contribution in [0, 0.1) is 0 Å². The van der Waals surface area contributed by atoms with Crippen LogP contribution in [0.4, 0.5) is 0 Å². The van der Waals surface area contributed by atoms with Gasteiger partial charge < -0.3 is 10.4 Å². The van der Waals surface area contributed by atoms with Gasteiger partial charge in [0.15, 0.2) is 0 Å². The lowest BCUT2D eigenvalue weighted by atomic mass is 10.00. The Balaban J connectivity index is 1.86. The summed E-state index contributed by atoms with van der Waals surface area (Å²) >= 11 is 1.94. The summed E-state index contributed by atoms with van der Waals surface area (Å²) in [6.07, 6.45) is 0.788. The average Bonchev–Trinajstić information content (AvgIpc) is 2.73. The van der Waals surface area contributed by atoms with Gasteiger partial charge >= 0.3 is 0 Å². The third-order valence-electron chi connectivity index (χ3n) is 3.46. The van der Waals surface area contributed by atoms with E-state index in [1.54, 1.807) is 0 Å². The molecule has 1 aliphatic heterocycles. The number of hydrogen-bond acceptors (Lipinski definition) is 3. The highest BCUT2D eigenvalue weighted by Crippen LogP contribution is 2.38. The molecule has 3 heteroatoms. The summed E-state index contributed by atoms with van der Waals surface area (Å²) in [7, 11) is 0. The van der Waals surface area contributed by atoms with Crippen molar-refractivity contribution < 1.29 is 5.11 Å². The Bertz CT molecular complexity index is 378. The zero-order valence-corrected chi connectivity index (χ0v) is 11.4. The summed E-state index contributed by atoms with van der Waals surface area (Å²) in [5.41, 5.74) is 0.881. The molecule has 0 amide bonds. The fourth-order valence-electron chi connectivity index (χ4n) is 2.04. The maximum absolute atomic E-state index is 9.92. The zero-order valence-electron chi connectivity index (χ0n) is 10.6. The van der Waals surface area contributed by atoms with Crippen LogP contribution in [0.2, 0.25) is 0 Å². The molecule has 0 bridgehead atoms. The standard InChI is InChI=1S/C14H21NOS/c1-3-14(2,16)10-15-8-11-9-17-13-7-5-4-6-12(11)13/h4-7,11,15-16H,3,8-10H2,1-2H3. The third-order valence-corrected chi connectivity index (χ3v) is 4.71. The van der Waals surface area contributed by atoms with Crippen molar-refractivity contribution in [3.05, 3.63) is 29.8 Å². The minimum absolute atomic E-state index is 0.578. The van der Waals surface area contributed by atoms with Crippen molar-refractivity contribution in [2.45, 2.75) is 36.7 Å². The molecule has 0 saturated heterocycles. The Kier molecular flexibility index (Phi) is 4.13. The second-order valence-electron chi connectivity index (χ2n) is 5.03. The smallest absolute Gasteiger partial charge is 0.0740 e. The lowest BCUT2D eigenvalue weighted by Crippen LogP contribution is -2.38. The van der Waals surface area contributed by atoms with E-state index in [0.717, 1.165) is 18.7 Å². The molecule has 0 saturated carbocycles. The first-order chi connectivity index (χ1) is 8.12. The second kappa shape index (κ2) is 5.42. The lowest BCUT2D eigenvalue weighted by Gasteiger charge is -2.23. The summed E-state index contributed by atoms with van der Waals surface area (Å²) in [6.45, 7) is 5.53. The summed E-state index contributed by atoms with van der Waals surface area (Å²) in [5.74, 6) is 1.74. The maximum atomic E-state index is 9.92. The van der Waals surface area contributed by atoms with Crippen LogP contribution in [0.5, 0.6) is 0 Å². The van der Waals surface area contributed by atoms with Crippen molar-refractivity contribution in [1.29, 1.82) is 0 Å². The fourth-order valence-corrected chi connectivity index (χ4v) is 3.29. The molecule has 17 heavy (non-hydrogen) atoms. The molecule has 0 aromatic heterocycles. The first-order valence-electron chi connectivity index (χ1n) is 6.27. The average molecular weight is 251 g/mol. The van der Waals surface area contributed by atoms with Crippen molar-refractivity contribution in [1.82, 2.24) is 5.32 Å². The predicted molar refractivity (Wildman–Crippen MR) is 73.7 cm³/mol. The highest BCUT2D eigenvalue weighted by Gasteiger charge is 2.23. The molecular weight excluding hydrogens is 230 g/mol. The van der Waals surface area contributed by atoms with Crippen LogP contribution in [0.25, 0.3) is 0 Å². The van der Waals surface area contributed by atoms with Crippen LogP contribution < -0.4 is 5.32 Å². The topological polar surface area (TPSA) is 32.3 Å². The van der Waals surface area contributed by atoms with Crippen molar-refractivity contribution in [3.63, 3.8) is 0 Å². The van der Waals surface area contributed by atoms with Crippen molar-refractivity contribution in [2.75, 3.05) is 18.8 Å². The summed E-state index contributed by atoms with van der Waals surface area (Å²) in [5, 5.41) is 13.3. The molecular formula is C14H21NOS. The van der Waals surface area contributed by atoms with E-state index < -0.39 is 5.60 Å². The van der Waals surface area contributed by atoms with Crippen molar-refractivity contribution >= 4 is 11.8 Å². The van der Waals surface area contributed by atoms with Gasteiger partial charge in [-0.2, -0.15) is 0 Å². The van der Waals surface area contributed by atoms with E-state index in [1.807, 2.05) is 25.6 Å². The Morgan fingerprint density at radius 1 is 1.47 bits per heavy atom. The highest BCUT2D eigenvalue weighted by atomic mass is 32.2. The van der Waals surface area contributed by atoms with E-state index in [1.165, 1.54) is 10.5 Å². The van der Waals surface area contributed by atoms with Gasteiger partial charge in [-0.1, -0.05) is 25.1 Å². The highest BCUT2D eigenvalue weighted by molar-refractivity contribution is 7.99. The number of benzene rings is 1. The first-order valence-corrected chi connectivity index (χ1v) is 7.26. The number of hydrogen-bond donors (Lipinski definition) is 2. The van der Waals surface area contributed by atoms with E-state index in [0.29, 0.717) is 12.5 Å². The van der Waals surface area contributed by atoms with Gasteiger partial charge in [-0.3, -0.25) is 0 Å². The van der Waals surface area contributed by atoms with E-state index >= 15 is 0 Å². The summed E-state index contributed by atoms with van der Waals surface area (Å²) in [4.78, 5) is 1.42. The second-order valence-corrected chi connectivity index (χ2v) is 6.09. The maximum Gasteiger partial charge on any atom is 0.0740 e. The Morgan fingerprint density at radius 2 is 2.24 bits per heavy atom. The molecule has 94 valence electrons. The molecule has 2 atom stereocenters. The minimum atomic E-state index is -0.578. The number of fused-ring (bicyclic) bond motifs is 1. The number of rotatable bonds is 5. The van der Waals surface area contributed by atoms with Gasteiger partial charge in [0.25, 0.3) is 0 Å². The van der Waals surface area contributed by atoms with Crippen LogP contribution in [-0.4, -0.2) is 29.5 Å². The normalized spacial score (nSPS) is 22.2. The lowest BCUT2D eigenvalue weighted by molar-refractivity contribution is 0.0558. The largest absolute Gasteiger partial charge is 0.389 e. The molecule has 1 heterocycles. The number of thioether (sulfide) groups is 1. The van der Waals surface area contributed by atoms with Gasteiger partial charge in [0.05, 0.1) is 5.60 Å². The van der Waals surface area contributed by atoms with Gasteiger partial charge in [0.1, 0.15) is 0 Å². The molecule has 1 aliphatic rings.